The van der Waals surface area contributed by atoms with Gasteiger partial charge < -0.3 is 10.2 Å². The number of halogens is 2. The molecule has 6 nitrogen and oxygen atoms in total. The van der Waals surface area contributed by atoms with Gasteiger partial charge >= 0.3 is 0 Å². The molecule has 2 aromatic rings. The summed E-state index contributed by atoms with van der Waals surface area (Å²) >= 11 is 12.0. The van der Waals surface area contributed by atoms with Crippen molar-refractivity contribution in [3.8, 4) is 0 Å². The molecule has 3 rings (SSSR count). The second-order valence-electron chi connectivity index (χ2n) is 7.12. The van der Waals surface area contributed by atoms with E-state index in [0.29, 0.717) is 29.5 Å². The predicted octanol–water partition coefficient (Wildman–Crippen LogP) is 4.49. The smallest absolute Gasteiger partial charge is 0.257 e. The highest BCUT2D eigenvalue weighted by molar-refractivity contribution is 7.89. The number of anilines is 2. The van der Waals surface area contributed by atoms with Gasteiger partial charge in [0.2, 0.25) is 10.0 Å². The van der Waals surface area contributed by atoms with Crippen LogP contribution in [-0.2, 0) is 10.0 Å². The maximum Gasteiger partial charge on any atom is 0.257 e. The highest BCUT2D eigenvalue weighted by Crippen LogP contribution is 2.31. The summed E-state index contributed by atoms with van der Waals surface area (Å²) in [5.41, 5.74) is 1.33. The van der Waals surface area contributed by atoms with Crippen molar-refractivity contribution in [3.05, 3.63) is 52.0 Å². The van der Waals surface area contributed by atoms with Crippen LogP contribution < -0.4 is 10.2 Å². The van der Waals surface area contributed by atoms with Gasteiger partial charge in [0.15, 0.2) is 0 Å². The number of nitrogens with one attached hydrogen (secondary N) is 1. The van der Waals surface area contributed by atoms with Gasteiger partial charge in [-0.3, -0.25) is 4.79 Å². The van der Waals surface area contributed by atoms with Crippen LogP contribution in [0.15, 0.2) is 41.3 Å². The molecule has 156 valence electrons. The lowest BCUT2D eigenvalue weighted by atomic mass is 10.2. The zero-order valence-corrected chi connectivity index (χ0v) is 18.6. The van der Waals surface area contributed by atoms with E-state index in [2.05, 4.69) is 5.32 Å². The number of piperidine rings is 1. The van der Waals surface area contributed by atoms with Crippen LogP contribution in [0.4, 0.5) is 11.4 Å². The molecular formula is C20H23Cl2N3O3S. The van der Waals surface area contributed by atoms with Gasteiger partial charge in [-0.15, -0.1) is 0 Å². The Morgan fingerprint density at radius 3 is 2.34 bits per heavy atom. The molecule has 0 atom stereocenters. The minimum Gasteiger partial charge on any atom is -0.376 e. The number of nitrogens with zero attached hydrogens (tertiary/aromatic N) is 2. The minimum atomic E-state index is -3.62. The summed E-state index contributed by atoms with van der Waals surface area (Å²) in [6.07, 6.45) is 2.75. The lowest BCUT2D eigenvalue weighted by Gasteiger charge is -2.26. The Kier molecular flexibility index (Phi) is 6.73. The third-order valence-electron chi connectivity index (χ3n) is 4.83. The molecule has 0 aromatic heterocycles. The Hall–Kier alpha value is -1.80. The predicted molar refractivity (Wildman–Crippen MR) is 118 cm³/mol. The first-order valence-electron chi connectivity index (χ1n) is 9.28. The molecule has 0 bridgehead atoms. The summed E-state index contributed by atoms with van der Waals surface area (Å²) in [4.78, 5) is 14.7. The zero-order chi connectivity index (χ0) is 21.2. The van der Waals surface area contributed by atoms with E-state index in [0.717, 1.165) is 19.3 Å². The van der Waals surface area contributed by atoms with E-state index in [1.54, 1.807) is 23.1 Å². The molecule has 0 unspecified atom stereocenters. The van der Waals surface area contributed by atoms with Crippen molar-refractivity contribution < 1.29 is 13.2 Å². The molecule has 0 radical (unpaired) electrons. The number of hydrogen-bond donors (Lipinski definition) is 1. The molecule has 1 amide bonds. The Labute approximate surface area is 181 Å². The van der Waals surface area contributed by atoms with Crippen LogP contribution in [0.1, 0.15) is 29.6 Å². The first-order chi connectivity index (χ1) is 13.7. The molecule has 1 aliphatic heterocycles. The monoisotopic (exact) mass is 455 g/mol. The molecule has 0 saturated carbocycles. The van der Waals surface area contributed by atoms with Crippen LogP contribution in [0.3, 0.4) is 0 Å². The normalized spacial score (nSPS) is 15.2. The molecule has 1 N–H and O–H groups in total. The number of benzene rings is 2. The third-order valence-corrected chi connectivity index (χ3v) is 7.27. The standard InChI is InChI=1S/C20H23Cl2N3O3S/c1-24(2)19-9-7-15(29(27,28)25-10-4-3-5-11-25)13-18(19)23-20(26)16-8-6-14(21)12-17(16)22/h6-9,12-13H,3-5,10-11H2,1-2H3,(H,23,26). The number of carbonyl (C=O) groups is 1. The van der Waals surface area contributed by atoms with E-state index in [9.17, 15) is 13.2 Å². The highest BCUT2D eigenvalue weighted by atomic mass is 35.5. The van der Waals surface area contributed by atoms with Gasteiger partial charge in [0.25, 0.3) is 5.91 Å². The lowest BCUT2D eigenvalue weighted by Crippen LogP contribution is -2.35. The van der Waals surface area contributed by atoms with Gasteiger partial charge in [-0.2, -0.15) is 4.31 Å². The first kappa shape index (κ1) is 21.9. The van der Waals surface area contributed by atoms with E-state index in [1.165, 1.54) is 22.5 Å². The number of rotatable bonds is 5. The van der Waals surface area contributed by atoms with Crippen LogP contribution in [0, 0.1) is 0 Å². The van der Waals surface area contributed by atoms with Crippen LogP contribution in [-0.4, -0.2) is 45.8 Å². The van der Waals surface area contributed by atoms with Crippen LogP contribution in [0.2, 0.25) is 10.0 Å². The maximum atomic E-state index is 13.0. The molecule has 0 aliphatic carbocycles. The van der Waals surface area contributed by atoms with Gasteiger partial charge in [-0.05, 0) is 49.2 Å². The molecule has 1 saturated heterocycles. The minimum absolute atomic E-state index is 0.155. The van der Waals surface area contributed by atoms with Crippen molar-refractivity contribution in [3.63, 3.8) is 0 Å². The Bertz CT molecular complexity index is 1020. The van der Waals surface area contributed by atoms with Gasteiger partial charge in [0, 0.05) is 32.2 Å². The number of amides is 1. The molecule has 0 spiro atoms. The van der Waals surface area contributed by atoms with E-state index >= 15 is 0 Å². The second kappa shape index (κ2) is 8.92. The van der Waals surface area contributed by atoms with Gasteiger partial charge in [0.05, 0.1) is 26.9 Å². The number of sulfonamides is 1. The van der Waals surface area contributed by atoms with Gasteiger partial charge in [-0.1, -0.05) is 29.6 Å². The second-order valence-corrected chi connectivity index (χ2v) is 9.90. The van der Waals surface area contributed by atoms with Crippen LogP contribution in [0.25, 0.3) is 0 Å². The topological polar surface area (TPSA) is 69.7 Å². The van der Waals surface area contributed by atoms with E-state index in [4.69, 9.17) is 23.2 Å². The summed E-state index contributed by atoms with van der Waals surface area (Å²) in [6.45, 7) is 1.03. The third kappa shape index (κ3) is 4.86. The average molecular weight is 456 g/mol. The fourth-order valence-electron chi connectivity index (χ4n) is 3.28. The summed E-state index contributed by atoms with van der Waals surface area (Å²) in [6, 6.07) is 9.36. The molecule has 1 aliphatic rings. The molecule has 1 fully saturated rings. The SMILES string of the molecule is CN(C)c1ccc(S(=O)(=O)N2CCCCC2)cc1NC(=O)c1ccc(Cl)cc1Cl. The zero-order valence-electron chi connectivity index (χ0n) is 16.3. The lowest BCUT2D eigenvalue weighted by molar-refractivity contribution is 0.102. The average Bonchev–Trinajstić information content (AvgIpc) is 2.68. The molecule has 1 heterocycles. The quantitative estimate of drug-likeness (QED) is 0.720. The van der Waals surface area contributed by atoms with Crippen molar-refractivity contribution >= 4 is 50.5 Å². The first-order valence-corrected chi connectivity index (χ1v) is 11.5. The van der Waals surface area contributed by atoms with Crippen LogP contribution >= 0.6 is 23.2 Å². The van der Waals surface area contributed by atoms with E-state index < -0.39 is 15.9 Å². The van der Waals surface area contributed by atoms with Crippen LogP contribution in [0.5, 0.6) is 0 Å². The van der Waals surface area contributed by atoms with Crippen molar-refractivity contribution in [1.82, 2.24) is 4.31 Å². The molecule has 9 heteroatoms. The molecular weight excluding hydrogens is 433 g/mol. The Balaban J connectivity index is 1.96. The van der Waals surface area contributed by atoms with Crippen molar-refractivity contribution in [2.24, 2.45) is 0 Å². The van der Waals surface area contributed by atoms with E-state index in [1.807, 2.05) is 14.1 Å². The molecule has 2 aromatic carbocycles. The van der Waals surface area contributed by atoms with Crippen molar-refractivity contribution in [1.29, 1.82) is 0 Å². The van der Waals surface area contributed by atoms with E-state index in [-0.39, 0.29) is 15.5 Å². The highest BCUT2D eigenvalue weighted by Gasteiger charge is 2.27. The van der Waals surface area contributed by atoms with Gasteiger partial charge in [-0.25, -0.2) is 8.42 Å². The fraction of sp³-hybridized carbons (Fsp3) is 0.350. The number of carbonyl (C=O) groups excluding carboxylic acids is 1. The summed E-state index contributed by atoms with van der Waals surface area (Å²) in [5.74, 6) is -0.442. The molecule has 29 heavy (non-hydrogen) atoms. The van der Waals surface area contributed by atoms with Crippen molar-refractivity contribution in [2.75, 3.05) is 37.4 Å². The fourth-order valence-corrected chi connectivity index (χ4v) is 5.32. The summed E-state index contributed by atoms with van der Waals surface area (Å²) in [5, 5.41) is 3.44. The largest absolute Gasteiger partial charge is 0.376 e. The maximum absolute atomic E-state index is 13.0. The Morgan fingerprint density at radius 1 is 1.03 bits per heavy atom. The summed E-state index contributed by atoms with van der Waals surface area (Å²) < 4.78 is 27.6. The summed E-state index contributed by atoms with van der Waals surface area (Å²) in [7, 11) is 0.0158. The Morgan fingerprint density at radius 2 is 1.72 bits per heavy atom. The number of hydrogen-bond acceptors (Lipinski definition) is 4. The van der Waals surface area contributed by atoms with Gasteiger partial charge in [0.1, 0.15) is 0 Å². The van der Waals surface area contributed by atoms with Crippen molar-refractivity contribution in [2.45, 2.75) is 24.2 Å².